The zero-order valence-electron chi connectivity index (χ0n) is 10.9. The number of aryl methyl sites for hydroxylation is 1. The Kier molecular flexibility index (Phi) is 4.37. The van der Waals surface area contributed by atoms with Gasteiger partial charge in [0.2, 0.25) is 0 Å². The number of nitrogens with zero attached hydrogens (tertiary/aromatic N) is 1. The summed E-state index contributed by atoms with van der Waals surface area (Å²) in [6.07, 6.45) is 2.96. The molecule has 2 rings (SSSR count). The monoisotopic (exact) mass is 247 g/mol. The Hall–Kier alpha value is -1.35. The van der Waals surface area contributed by atoms with Gasteiger partial charge in [0, 0.05) is 6.04 Å². The van der Waals surface area contributed by atoms with Crippen LogP contribution in [-0.4, -0.2) is 35.1 Å². The zero-order valence-corrected chi connectivity index (χ0v) is 10.9. The second-order valence-electron chi connectivity index (χ2n) is 5.10. The lowest BCUT2D eigenvalue weighted by atomic mass is 10.0. The fourth-order valence-corrected chi connectivity index (χ4v) is 2.78. The molecule has 3 nitrogen and oxygen atoms in total. The van der Waals surface area contributed by atoms with Gasteiger partial charge in [-0.15, -0.1) is 0 Å². The van der Waals surface area contributed by atoms with Crippen molar-refractivity contribution < 1.29 is 9.90 Å². The number of hydrogen-bond acceptors (Lipinski definition) is 2. The summed E-state index contributed by atoms with van der Waals surface area (Å²) in [4.78, 5) is 13.3. The van der Waals surface area contributed by atoms with Crippen LogP contribution in [0.25, 0.3) is 0 Å². The minimum Gasteiger partial charge on any atom is -0.481 e. The highest BCUT2D eigenvalue weighted by molar-refractivity contribution is 5.71. The molecule has 1 aromatic rings. The van der Waals surface area contributed by atoms with Crippen molar-refractivity contribution >= 4 is 5.97 Å². The summed E-state index contributed by atoms with van der Waals surface area (Å²) in [7, 11) is 0. The first-order chi connectivity index (χ1) is 8.68. The van der Waals surface area contributed by atoms with Crippen LogP contribution in [0.5, 0.6) is 0 Å². The van der Waals surface area contributed by atoms with E-state index >= 15 is 0 Å². The van der Waals surface area contributed by atoms with Gasteiger partial charge in [-0.2, -0.15) is 0 Å². The van der Waals surface area contributed by atoms with Gasteiger partial charge in [0.05, 0.1) is 5.92 Å². The standard InChI is InChI=1S/C15H21NO2/c1-12-14(15(17)18)9-11-16(12)10-5-8-13-6-3-2-4-7-13/h2-4,6-7,12,14H,5,8-11H2,1H3,(H,17,18). The van der Waals surface area contributed by atoms with Crippen molar-refractivity contribution in [1.29, 1.82) is 0 Å². The molecule has 0 spiro atoms. The van der Waals surface area contributed by atoms with Gasteiger partial charge >= 0.3 is 5.97 Å². The van der Waals surface area contributed by atoms with Gasteiger partial charge in [-0.3, -0.25) is 9.69 Å². The first-order valence-electron chi connectivity index (χ1n) is 6.69. The number of rotatable bonds is 5. The van der Waals surface area contributed by atoms with E-state index in [-0.39, 0.29) is 12.0 Å². The topological polar surface area (TPSA) is 40.5 Å². The molecular formula is C15H21NO2. The minimum absolute atomic E-state index is 0.179. The largest absolute Gasteiger partial charge is 0.481 e. The molecule has 98 valence electrons. The van der Waals surface area contributed by atoms with Gasteiger partial charge < -0.3 is 5.11 Å². The Balaban J connectivity index is 1.76. The molecule has 0 amide bonds. The third kappa shape index (κ3) is 3.10. The van der Waals surface area contributed by atoms with E-state index in [1.165, 1.54) is 5.56 Å². The molecule has 0 aliphatic carbocycles. The smallest absolute Gasteiger partial charge is 0.308 e. The van der Waals surface area contributed by atoms with Gasteiger partial charge in [-0.1, -0.05) is 30.3 Å². The second kappa shape index (κ2) is 6.01. The molecule has 1 aromatic carbocycles. The van der Waals surface area contributed by atoms with E-state index in [0.717, 1.165) is 32.4 Å². The quantitative estimate of drug-likeness (QED) is 0.868. The molecule has 0 aromatic heterocycles. The van der Waals surface area contributed by atoms with E-state index in [1.807, 2.05) is 13.0 Å². The van der Waals surface area contributed by atoms with E-state index in [2.05, 4.69) is 29.2 Å². The highest BCUT2D eigenvalue weighted by atomic mass is 16.4. The average molecular weight is 247 g/mol. The molecule has 1 saturated heterocycles. The second-order valence-corrected chi connectivity index (χ2v) is 5.10. The van der Waals surface area contributed by atoms with Gasteiger partial charge in [-0.05, 0) is 44.8 Å². The number of likely N-dealkylation sites (tertiary alicyclic amines) is 1. The van der Waals surface area contributed by atoms with E-state index in [1.54, 1.807) is 0 Å². The van der Waals surface area contributed by atoms with Crippen LogP contribution in [0.3, 0.4) is 0 Å². The number of aliphatic carboxylic acids is 1. The highest BCUT2D eigenvalue weighted by Gasteiger charge is 2.34. The summed E-state index contributed by atoms with van der Waals surface area (Å²) in [5.74, 6) is -0.824. The van der Waals surface area contributed by atoms with E-state index in [4.69, 9.17) is 5.11 Å². The Labute approximate surface area is 108 Å². The number of hydrogen-bond donors (Lipinski definition) is 1. The molecule has 1 N–H and O–H groups in total. The minimum atomic E-state index is -0.645. The van der Waals surface area contributed by atoms with Crippen molar-refractivity contribution in [3.63, 3.8) is 0 Å². The SMILES string of the molecule is CC1C(C(=O)O)CCN1CCCc1ccccc1. The van der Waals surface area contributed by atoms with Gasteiger partial charge in [0.15, 0.2) is 0 Å². The van der Waals surface area contributed by atoms with Crippen molar-refractivity contribution in [3.8, 4) is 0 Å². The van der Waals surface area contributed by atoms with Crippen LogP contribution in [0.2, 0.25) is 0 Å². The van der Waals surface area contributed by atoms with E-state index < -0.39 is 5.97 Å². The Bertz CT molecular complexity index is 391. The van der Waals surface area contributed by atoms with Crippen LogP contribution in [0.1, 0.15) is 25.3 Å². The molecule has 3 heteroatoms. The predicted octanol–water partition coefficient (Wildman–Crippen LogP) is 2.41. The molecular weight excluding hydrogens is 226 g/mol. The Morgan fingerprint density at radius 2 is 2.11 bits per heavy atom. The fourth-order valence-electron chi connectivity index (χ4n) is 2.78. The lowest BCUT2D eigenvalue weighted by Gasteiger charge is -2.22. The average Bonchev–Trinajstić information content (AvgIpc) is 2.73. The van der Waals surface area contributed by atoms with Crippen LogP contribution in [0.4, 0.5) is 0 Å². The highest BCUT2D eigenvalue weighted by Crippen LogP contribution is 2.24. The Morgan fingerprint density at radius 3 is 2.72 bits per heavy atom. The third-order valence-electron chi connectivity index (χ3n) is 3.96. The van der Waals surface area contributed by atoms with Gasteiger partial charge in [0.1, 0.15) is 0 Å². The van der Waals surface area contributed by atoms with E-state index in [9.17, 15) is 4.79 Å². The molecule has 2 atom stereocenters. The molecule has 1 heterocycles. The van der Waals surface area contributed by atoms with Crippen molar-refractivity contribution in [3.05, 3.63) is 35.9 Å². The maximum atomic E-state index is 11.0. The third-order valence-corrected chi connectivity index (χ3v) is 3.96. The Morgan fingerprint density at radius 1 is 1.39 bits per heavy atom. The summed E-state index contributed by atoms with van der Waals surface area (Å²) in [5.41, 5.74) is 1.36. The zero-order chi connectivity index (χ0) is 13.0. The maximum Gasteiger partial charge on any atom is 0.308 e. The van der Waals surface area contributed by atoms with Crippen LogP contribution in [-0.2, 0) is 11.2 Å². The lowest BCUT2D eigenvalue weighted by molar-refractivity contribution is -0.142. The van der Waals surface area contributed by atoms with E-state index in [0.29, 0.717) is 0 Å². The normalized spacial score (nSPS) is 24.3. The van der Waals surface area contributed by atoms with Crippen molar-refractivity contribution in [2.75, 3.05) is 13.1 Å². The van der Waals surface area contributed by atoms with Gasteiger partial charge in [0.25, 0.3) is 0 Å². The van der Waals surface area contributed by atoms with Crippen LogP contribution >= 0.6 is 0 Å². The van der Waals surface area contributed by atoms with Crippen LogP contribution < -0.4 is 0 Å². The fraction of sp³-hybridized carbons (Fsp3) is 0.533. The summed E-state index contributed by atoms with van der Waals surface area (Å²) in [5, 5.41) is 9.08. The number of carboxylic acids is 1. The molecule has 18 heavy (non-hydrogen) atoms. The van der Waals surface area contributed by atoms with Crippen molar-refractivity contribution in [2.45, 2.75) is 32.2 Å². The molecule has 0 saturated carbocycles. The van der Waals surface area contributed by atoms with Crippen LogP contribution in [0.15, 0.2) is 30.3 Å². The van der Waals surface area contributed by atoms with Gasteiger partial charge in [-0.25, -0.2) is 0 Å². The molecule has 0 radical (unpaired) electrons. The molecule has 1 fully saturated rings. The summed E-state index contributed by atoms with van der Waals surface area (Å²) in [6.45, 7) is 3.96. The summed E-state index contributed by atoms with van der Waals surface area (Å²) >= 11 is 0. The number of carboxylic acid groups (broad SMARTS) is 1. The molecule has 2 unspecified atom stereocenters. The molecule has 1 aliphatic heterocycles. The molecule has 1 aliphatic rings. The number of carbonyl (C=O) groups is 1. The first kappa shape index (κ1) is 13.1. The molecule has 0 bridgehead atoms. The maximum absolute atomic E-state index is 11.0. The van der Waals surface area contributed by atoms with Crippen molar-refractivity contribution in [2.24, 2.45) is 5.92 Å². The summed E-state index contributed by atoms with van der Waals surface area (Å²) in [6, 6.07) is 10.6. The van der Waals surface area contributed by atoms with Crippen LogP contribution in [0, 0.1) is 5.92 Å². The predicted molar refractivity (Wildman–Crippen MR) is 71.5 cm³/mol. The van der Waals surface area contributed by atoms with Crippen molar-refractivity contribution in [1.82, 2.24) is 4.90 Å². The number of benzene rings is 1. The first-order valence-corrected chi connectivity index (χ1v) is 6.69. The lowest BCUT2D eigenvalue weighted by Crippen LogP contribution is -2.33. The summed E-state index contributed by atoms with van der Waals surface area (Å²) < 4.78 is 0.